The first-order valence-electron chi connectivity index (χ1n) is 5.12. The molecule has 0 atom stereocenters. The van der Waals surface area contributed by atoms with Crippen LogP contribution in [-0.2, 0) is 0 Å². The smallest absolute Gasteiger partial charge is 0.107 e. The maximum atomic E-state index is 9.41. The highest BCUT2D eigenvalue weighted by Gasteiger charge is 2.55. The van der Waals surface area contributed by atoms with Gasteiger partial charge in [-0.15, -0.1) is 0 Å². The minimum atomic E-state index is -0.462. The molecule has 1 nitrogen and oxygen atoms in total. The standard InChI is InChI=1S/C14H11N/c1-13-11-4-2-3-5-12(13)7-9-14(13,10-15)8-6-11/h2-9H,1H3. The van der Waals surface area contributed by atoms with Gasteiger partial charge in [0.15, 0.2) is 0 Å². The largest absolute Gasteiger partial charge is 0.197 e. The van der Waals surface area contributed by atoms with Crippen molar-refractivity contribution in [3.63, 3.8) is 0 Å². The Balaban J connectivity index is 2.35. The molecule has 0 saturated heterocycles. The lowest BCUT2D eigenvalue weighted by Gasteiger charge is -2.33. The SMILES string of the molecule is CC12C3=CC=CC=C1C=CC2(C#N)C=C3. The van der Waals surface area contributed by atoms with Crippen molar-refractivity contribution in [2.45, 2.75) is 6.92 Å². The molecule has 0 N–H and O–H groups in total. The van der Waals surface area contributed by atoms with Gasteiger partial charge in [0.05, 0.1) is 6.07 Å². The summed E-state index contributed by atoms with van der Waals surface area (Å²) in [6.07, 6.45) is 16.5. The van der Waals surface area contributed by atoms with Gasteiger partial charge in [-0.05, 0) is 18.1 Å². The van der Waals surface area contributed by atoms with Gasteiger partial charge in [-0.1, -0.05) is 48.6 Å². The van der Waals surface area contributed by atoms with E-state index in [0.717, 1.165) is 0 Å². The second kappa shape index (κ2) is 2.41. The monoisotopic (exact) mass is 193 g/mol. The molecule has 0 unspecified atom stereocenters. The van der Waals surface area contributed by atoms with E-state index in [4.69, 9.17) is 0 Å². The summed E-state index contributed by atoms with van der Waals surface area (Å²) in [7, 11) is 0. The fourth-order valence-electron chi connectivity index (χ4n) is 2.76. The number of nitriles is 1. The molecule has 3 aliphatic rings. The van der Waals surface area contributed by atoms with Crippen LogP contribution >= 0.6 is 0 Å². The van der Waals surface area contributed by atoms with Gasteiger partial charge >= 0.3 is 0 Å². The highest BCUT2D eigenvalue weighted by Crippen LogP contribution is 2.61. The third kappa shape index (κ3) is 0.746. The summed E-state index contributed by atoms with van der Waals surface area (Å²) in [5.74, 6) is 0. The summed E-state index contributed by atoms with van der Waals surface area (Å²) >= 11 is 0. The Morgan fingerprint density at radius 2 is 1.60 bits per heavy atom. The van der Waals surface area contributed by atoms with Gasteiger partial charge in [0.25, 0.3) is 0 Å². The number of nitrogens with zero attached hydrogens (tertiary/aromatic N) is 1. The van der Waals surface area contributed by atoms with Crippen LogP contribution in [0.5, 0.6) is 0 Å². The quantitative estimate of drug-likeness (QED) is 0.580. The van der Waals surface area contributed by atoms with E-state index in [1.807, 2.05) is 24.3 Å². The van der Waals surface area contributed by atoms with Gasteiger partial charge in [0.2, 0.25) is 0 Å². The second-order valence-electron chi connectivity index (χ2n) is 4.40. The number of allylic oxidation sites excluding steroid dienone is 10. The maximum Gasteiger partial charge on any atom is 0.107 e. The third-order valence-corrected chi connectivity index (χ3v) is 3.88. The van der Waals surface area contributed by atoms with Crippen molar-refractivity contribution < 1.29 is 0 Å². The number of rotatable bonds is 0. The maximum absolute atomic E-state index is 9.41. The summed E-state index contributed by atoms with van der Waals surface area (Å²) in [4.78, 5) is 0. The average molecular weight is 193 g/mol. The van der Waals surface area contributed by atoms with E-state index >= 15 is 0 Å². The Bertz CT molecular complexity index is 484. The highest BCUT2D eigenvalue weighted by atomic mass is 14.6. The molecule has 3 aliphatic carbocycles. The van der Waals surface area contributed by atoms with E-state index in [-0.39, 0.29) is 5.41 Å². The fourth-order valence-corrected chi connectivity index (χ4v) is 2.76. The normalized spacial score (nSPS) is 39.5. The van der Waals surface area contributed by atoms with Gasteiger partial charge in [0.1, 0.15) is 5.41 Å². The van der Waals surface area contributed by atoms with Gasteiger partial charge in [-0.2, -0.15) is 5.26 Å². The van der Waals surface area contributed by atoms with E-state index in [1.54, 1.807) is 0 Å². The molecule has 0 aromatic heterocycles. The van der Waals surface area contributed by atoms with Gasteiger partial charge in [0, 0.05) is 5.41 Å². The van der Waals surface area contributed by atoms with Crippen LogP contribution in [0, 0.1) is 22.2 Å². The molecule has 15 heavy (non-hydrogen) atoms. The zero-order chi connectivity index (χ0) is 10.5. The molecule has 3 rings (SSSR count). The summed E-state index contributed by atoms with van der Waals surface area (Å²) in [5, 5.41) is 9.41. The van der Waals surface area contributed by atoms with E-state index < -0.39 is 5.41 Å². The molecule has 0 aliphatic heterocycles. The van der Waals surface area contributed by atoms with Crippen LogP contribution in [0.2, 0.25) is 0 Å². The molecular formula is C14H11N. The zero-order valence-electron chi connectivity index (χ0n) is 8.57. The van der Waals surface area contributed by atoms with Crippen LogP contribution in [0.1, 0.15) is 6.92 Å². The lowest BCUT2D eigenvalue weighted by Crippen LogP contribution is -2.31. The molecule has 1 heteroatoms. The predicted octanol–water partition coefficient (Wildman–Crippen LogP) is 3.06. The van der Waals surface area contributed by atoms with Crippen molar-refractivity contribution in [2.75, 3.05) is 0 Å². The van der Waals surface area contributed by atoms with Crippen LogP contribution in [0.25, 0.3) is 0 Å². The van der Waals surface area contributed by atoms with Gasteiger partial charge in [-0.25, -0.2) is 0 Å². The summed E-state index contributed by atoms with van der Waals surface area (Å²) < 4.78 is 0. The Morgan fingerprint density at radius 3 is 2.07 bits per heavy atom. The molecule has 0 saturated carbocycles. The predicted molar refractivity (Wildman–Crippen MR) is 59.7 cm³/mol. The van der Waals surface area contributed by atoms with Crippen molar-refractivity contribution >= 4 is 0 Å². The van der Waals surface area contributed by atoms with Crippen molar-refractivity contribution in [3.05, 3.63) is 59.8 Å². The van der Waals surface area contributed by atoms with Crippen molar-refractivity contribution in [1.82, 2.24) is 0 Å². The fraction of sp³-hybridized carbons (Fsp3) is 0.214. The van der Waals surface area contributed by atoms with Crippen LogP contribution in [0.4, 0.5) is 0 Å². The topological polar surface area (TPSA) is 23.8 Å². The third-order valence-electron chi connectivity index (χ3n) is 3.88. The number of hydrogen-bond acceptors (Lipinski definition) is 1. The van der Waals surface area contributed by atoms with Crippen LogP contribution < -0.4 is 0 Å². The first-order valence-corrected chi connectivity index (χ1v) is 5.12. The van der Waals surface area contributed by atoms with E-state index in [2.05, 4.69) is 37.3 Å². The van der Waals surface area contributed by atoms with E-state index in [0.29, 0.717) is 0 Å². The second-order valence-corrected chi connectivity index (χ2v) is 4.40. The molecule has 0 heterocycles. The van der Waals surface area contributed by atoms with E-state index in [9.17, 15) is 5.26 Å². The Labute approximate surface area is 89.4 Å². The highest BCUT2D eigenvalue weighted by molar-refractivity contribution is 5.62. The Hall–Kier alpha value is -1.81. The molecule has 0 spiro atoms. The number of hydrogen-bond donors (Lipinski definition) is 0. The molecule has 0 radical (unpaired) electrons. The summed E-state index contributed by atoms with van der Waals surface area (Å²) in [5.41, 5.74) is 1.82. The first kappa shape index (κ1) is 8.49. The molecule has 0 amide bonds. The van der Waals surface area contributed by atoms with Crippen LogP contribution in [0.15, 0.2) is 59.8 Å². The Morgan fingerprint density at radius 1 is 1.07 bits per heavy atom. The first-order chi connectivity index (χ1) is 7.23. The molecule has 0 aromatic rings. The molecule has 0 aromatic carbocycles. The molecule has 0 fully saturated rings. The minimum absolute atomic E-state index is 0.175. The van der Waals surface area contributed by atoms with Gasteiger partial charge < -0.3 is 0 Å². The molecule has 0 bridgehead atoms. The van der Waals surface area contributed by atoms with Crippen molar-refractivity contribution in [2.24, 2.45) is 10.8 Å². The lowest BCUT2D eigenvalue weighted by atomic mass is 9.66. The van der Waals surface area contributed by atoms with Crippen LogP contribution in [-0.4, -0.2) is 0 Å². The average Bonchev–Trinajstić information content (AvgIpc) is 2.60. The van der Waals surface area contributed by atoms with Crippen molar-refractivity contribution in [3.8, 4) is 6.07 Å². The van der Waals surface area contributed by atoms with E-state index in [1.165, 1.54) is 11.1 Å². The summed E-state index contributed by atoms with van der Waals surface area (Å²) in [6.45, 7) is 2.15. The summed E-state index contributed by atoms with van der Waals surface area (Å²) in [6, 6.07) is 2.45. The molecular weight excluding hydrogens is 182 g/mol. The van der Waals surface area contributed by atoms with Gasteiger partial charge in [-0.3, -0.25) is 0 Å². The van der Waals surface area contributed by atoms with Crippen LogP contribution in [0.3, 0.4) is 0 Å². The zero-order valence-corrected chi connectivity index (χ0v) is 8.57. The molecule has 72 valence electrons. The lowest BCUT2D eigenvalue weighted by molar-refractivity contribution is 0.377. The van der Waals surface area contributed by atoms with Crippen molar-refractivity contribution in [1.29, 1.82) is 5.26 Å². The Kier molecular flexibility index (Phi) is 1.36. The minimum Gasteiger partial charge on any atom is -0.197 e.